The van der Waals surface area contributed by atoms with Crippen molar-refractivity contribution in [3.8, 4) is 0 Å². The summed E-state index contributed by atoms with van der Waals surface area (Å²) in [5.74, 6) is -0.0157. The highest BCUT2D eigenvalue weighted by molar-refractivity contribution is 6.01. The number of imide groups is 1. The van der Waals surface area contributed by atoms with E-state index in [-0.39, 0.29) is 17.2 Å². The zero-order valence-electron chi connectivity index (χ0n) is 12.7. The van der Waals surface area contributed by atoms with Crippen LogP contribution in [0.3, 0.4) is 0 Å². The molecule has 2 fully saturated rings. The highest BCUT2D eigenvalue weighted by Crippen LogP contribution is 2.36. The molecule has 2 aliphatic rings. The fraction of sp³-hybridized carbons (Fsp3) is 0.750. The van der Waals surface area contributed by atoms with Crippen LogP contribution in [0.4, 0.5) is 0 Å². The van der Waals surface area contributed by atoms with Gasteiger partial charge < -0.3 is 0 Å². The van der Waals surface area contributed by atoms with E-state index in [0.717, 1.165) is 19.5 Å². The second-order valence-corrected chi connectivity index (χ2v) is 6.61. The molecule has 0 aromatic rings. The predicted octanol–water partition coefficient (Wildman–Crippen LogP) is 2.20. The lowest BCUT2D eigenvalue weighted by molar-refractivity contribution is -0.138. The number of carbonyl (C=O) groups is 2. The summed E-state index contributed by atoms with van der Waals surface area (Å²) in [6.07, 6.45) is 6.14. The quantitative estimate of drug-likeness (QED) is 0.572. The molecule has 2 rings (SSSR count). The van der Waals surface area contributed by atoms with Gasteiger partial charge in [0.2, 0.25) is 11.8 Å². The molecule has 0 saturated carbocycles. The van der Waals surface area contributed by atoms with Crippen molar-refractivity contribution in [1.29, 1.82) is 0 Å². The summed E-state index contributed by atoms with van der Waals surface area (Å²) in [5.41, 5.74) is 0.269. The molecular formula is C16H26N2O2. The largest absolute Gasteiger partial charge is 0.298 e. The molecule has 4 nitrogen and oxygen atoms in total. The van der Waals surface area contributed by atoms with Gasteiger partial charge in [-0.15, -0.1) is 6.58 Å². The maximum absolute atomic E-state index is 11.7. The van der Waals surface area contributed by atoms with E-state index in [9.17, 15) is 9.59 Å². The van der Waals surface area contributed by atoms with Crippen LogP contribution in [0.25, 0.3) is 0 Å². The summed E-state index contributed by atoms with van der Waals surface area (Å²) in [7, 11) is 0. The van der Waals surface area contributed by atoms with Gasteiger partial charge in [0.1, 0.15) is 0 Å². The van der Waals surface area contributed by atoms with E-state index in [1.807, 2.05) is 6.08 Å². The molecule has 2 aliphatic heterocycles. The summed E-state index contributed by atoms with van der Waals surface area (Å²) in [6.45, 7) is 10.9. The van der Waals surface area contributed by atoms with Crippen molar-refractivity contribution < 1.29 is 9.59 Å². The Kier molecular flexibility index (Phi) is 4.63. The van der Waals surface area contributed by atoms with Gasteiger partial charge in [-0.3, -0.25) is 19.4 Å². The Labute approximate surface area is 121 Å². The zero-order valence-corrected chi connectivity index (χ0v) is 12.7. The highest BCUT2D eigenvalue weighted by atomic mass is 16.2. The van der Waals surface area contributed by atoms with Gasteiger partial charge >= 0.3 is 0 Å². The van der Waals surface area contributed by atoms with Gasteiger partial charge in [-0.05, 0) is 31.2 Å². The molecule has 2 heterocycles. The van der Waals surface area contributed by atoms with Gasteiger partial charge in [0.15, 0.2) is 0 Å². The SMILES string of the molecule is C=CC[C@@H]1N(CCN2C(=O)CCC2=O)CCCC1(C)C. The second kappa shape index (κ2) is 6.08. The first-order chi connectivity index (χ1) is 9.45. The first-order valence-corrected chi connectivity index (χ1v) is 7.64. The number of piperidine rings is 1. The Morgan fingerprint density at radius 3 is 2.50 bits per heavy atom. The Morgan fingerprint density at radius 2 is 1.90 bits per heavy atom. The van der Waals surface area contributed by atoms with Crippen LogP contribution < -0.4 is 0 Å². The number of hydrogen-bond acceptors (Lipinski definition) is 3. The monoisotopic (exact) mass is 278 g/mol. The van der Waals surface area contributed by atoms with Crippen molar-refractivity contribution in [2.75, 3.05) is 19.6 Å². The van der Waals surface area contributed by atoms with Crippen LogP contribution in [0.2, 0.25) is 0 Å². The lowest BCUT2D eigenvalue weighted by Gasteiger charge is -2.46. The van der Waals surface area contributed by atoms with Gasteiger partial charge in [0.25, 0.3) is 0 Å². The highest BCUT2D eigenvalue weighted by Gasteiger charge is 2.37. The lowest BCUT2D eigenvalue weighted by atomic mass is 9.75. The average molecular weight is 278 g/mol. The minimum absolute atomic E-state index is 0.00783. The summed E-state index contributed by atoms with van der Waals surface area (Å²) < 4.78 is 0. The van der Waals surface area contributed by atoms with Gasteiger partial charge in [-0.2, -0.15) is 0 Å². The van der Waals surface area contributed by atoms with Crippen LogP contribution in [-0.4, -0.2) is 47.3 Å². The number of rotatable bonds is 5. The molecule has 0 N–H and O–H groups in total. The van der Waals surface area contributed by atoms with E-state index >= 15 is 0 Å². The molecule has 4 heteroatoms. The summed E-state index contributed by atoms with van der Waals surface area (Å²) >= 11 is 0. The normalized spacial score (nSPS) is 27.1. The van der Waals surface area contributed by atoms with E-state index in [2.05, 4.69) is 25.3 Å². The maximum Gasteiger partial charge on any atom is 0.229 e. The molecule has 0 unspecified atom stereocenters. The Balaban J connectivity index is 1.97. The molecule has 0 radical (unpaired) electrons. The van der Waals surface area contributed by atoms with Crippen LogP contribution in [-0.2, 0) is 9.59 Å². The first-order valence-electron chi connectivity index (χ1n) is 7.64. The van der Waals surface area contributed by atoms with Crippen molar-refractivity contribution in [1.82, 2.24) is 9.80 Å². The predicted molar refractivity (Wildman–Crippen MR) is 79.1 cm³/mol. The molecule has 112 valence electrons. The molecule has 0 bridgehead atoms. The third kappa shape index (κ3) is 3.11. The van der Waals surface area contributed by atoms with Crippen LogP contribution in [0, 0.1) is 5.41 Å². The van der Waals surface area contributed by atoms with Crippen molar-refractivity contribution >= 4 is 11.8 Å². The lowest BCUT2D eigenvalue weighted by Crippen LogP contribution is -2.52. The van der Waals surface area contributed by atoms with Gasteiger partial charge in [-0.25, -0.2) is 0 Å². The van der Waals surface area contributed by atoms with Gasteiger partial charge in [-0.1, -0.05) is 19.9 Å². The third-order valence-corrected chi connectivity index (χ3v) is 4.76. The summed E-state index contributed by atoms with van der Waals surface area (Å²) in [4.78, 5) is 27.2. The zero-order chi connectivity index (χ0) is 14.8. The number of amides is 2. The molecule has 0 aromatic heterocycles. The van der Waals surface area contributed by atoms with Gasteiger partial charge in [0, 0.05) is 32.0 Å². The smallest absolute Gasteiger partial charge is 0.229 e. The molecule has 1 atom stereocenters. The minimum Gasteiger partial charge on any atom is -0.298 e. The molecule has 0 aromatic carbocycles. The van der Waals surface area contributed by atoms with Crippen molar-refractivity contribution in [3.63, 3.8) is 0 Å². The molecule has 0 spiro atoms. The molecule has 2 amide bonds. The second-order valence-electron chi connectivity index (χ2n) is 6.61. The standard InChI is InChI=1S/C16H26N2O2/c1-4-6-13-16(2,3)9-5-10-17(13)11-12-18-14(19)7-8-15(18)20/h4,13H,1,5-12H2,2-3H3/t13-/m0/s1. The van der Waals surface area contributed by atoms with E-state index in [1.165, 1.54) is 17.7 Å². The summed E-state index contributed by atoms with van der Waals surface area (Å²) in [5, 5.41) is 0. The Hall–Kier alpha value is -1.16. The van der Waals surface area contributed by atoms with Crippen LogP contribution in [0.5, 0.6) is 0 Å². The molecule has 2 saturated heterocycles. The van der Waals surface area contributed by atoms with E-state index in [1.54, 1.807) is 0 Å². The third-order valence-electron chi connectivity index (χ3n) is 4.76. The van der Waals surface area contributed by atoms with Crippen molar-refractivity contribution in [2.45, 2.75) is 52.0 Å². The first kappa shape index (κ1) is 15.2. The van der Waals surface area contributed by atoms with E-state index < -0.39 is 0 Å². The number of carbonyl (C=O) groups excluding carboxylic acids is 2. The van der Waals surface area contributed by atoms with Crippen molar-refractivity contribution in [2.24, 2.45) is 5.41 Å². The van der Waals surface area contributed by atoms with E-state index in [0.29, 0.717) is 25.4 Å². The topological polar surface area (TPSA) is 40.6 Å². The molecule has 20 heavy (non-hydrogen) atoms. The number of nitrogens with zero attached hydrogens (tertiary/aromatic N) is 2. The van der Waals surface area contributed by atoms with Crippen LogP contribution >= 0.6 is 0 Å². The average Bonchev–Trinajstić information content (AvgIpc) is 2.70. The molecule has 0 aliphatic carbocycles. The van der Waals surface area contributed by atoms with Crippen LogP contribution in [0.1, 0.15) is 46.0 Å². The number of hydrogen-bond donors (Lipinski definition) is 0. The van der Waals surface area contributed by atoms with Crippen molar-refractivity contribution in [3.05, 3.63) is 12.7 Å². The Bertz CT molecular complexity index is 387. The summed E-state index contributed by atoms with van der Waals surface area (Å²) in [6, 6.07) is 0.460. The Morgan fingerprint density at radius 1 is 1.25 bits per heavy atom. The molecular weight excluding hydrogens is 252 g/mol. The van der Waals surface area contributed by atoms with E-state index in [4.69, 9.17) is 0 Å². The number of likely N-dealkylation sites (tertiary alicyclic amines) is 2. The fourth-order valence-electron chi connectivity index (χ4n) is 3.55. The maximum atomic E-state index is 11.7. The van der Waals surface area contributed by atoms with Crippen LogP contribution in [0.15, 0.2) is 12.7 Å². The minimum atomic E-state index is -0.00783. The fourth-order valence-corrected chi connectivity index (χ4v) is 3.55. The van der Waals surface area contributed by atoms with Gasteiger partial charge in [0.05, 0.1) is 0 Å².